The lowest BCUT2D eigenvalue weighted by Gasteiger charge is -2.14. The monoisotopic (exact) mass is 248 g/mol. The van der Waals surface area contributed by atoms with Gasteiger partial charge in [-0.3, -0.25) is 10.5 Å². The Kier molecular flexibility index (Phi) is 3.84. The molecule has 0 bridgehead atoms. The zero-order chi connectivity index (χ0) is 13.1. The van der Waals surface area contributed by atoms with Gasteiger partial charge in [0, 0.05) is 18.7 Å². The lowest BCUT2D eigenvalue weighted by atomic mass is 10.1. The molecular weight excluding hydrogens is 228 g/mol. The van der Waals surface area contributed by atoms with Gasteiger partial charge in [0.15, 0.2) is 0 Å². The van der Waals surface area contributed by atoms with E-state index in [-0.39, 0.29) is 6.04 Å². The second kappa shape index (κ2) is 5.37. The first-order valence-corrected chi connectivity index (χ1v) is 6.19. The fraction of sp³-hybridized carbons (Fsp3) is 0.462. The minimum absolute atomic E-state index is 0.0277. The highest BCUT2D eigenvalue weighted by Gasteiger charge is 2.17. The van der Waals surface area contributed by atoms with Crippen LogP contribution in [0, 0.1) is 13.8 Å². The second-order valence-electron chi connectivity index (χ2n) is 4.46. The second-order valence-corrected chi connectivity index (χ2v) is 4.46. The van der Waals surface area contributed by atoms with E-state index in [1.807, 2.05) is 30.7 Å². The highest BCUT2D eigenvalue weighted by Crippen LogP contribution is 2.20. The number of nitrogens with two attached hydrogens (primary N) is 1. The average Bonchev–Trinajstić information content (AvgIpc) is 2.92. The molecule has 0 aliphatic rings. The van der Waals surface area contributed by atoms with Gasteiger partial charge in [-0.25, -0.2) is 5.43 Å². The van der Waals surface area contributed by atoms with Crippen LogP contribution in [-0.2, 0) is 13.0 Å². The van der Waals surface area contributed by atoms with Crippen molar-refractivity contribution in [3.05, 3.63) is 41.1 Å². The molecule has 1 atom stereocenters. The van der Waals surface area contributed by atoms with Gasteiger partial charge in [-0.2, -0.15) is 5.10 Å². The zero-order valence-corrected chi connectivity index (χ0v) is 11.1. The molecule has 2 aromatic heterocycles. The van der Waals surface area contributed by atoms with Crippen molar-refractivity contribution in [3.8, 4) is 0 Å². The maximum atomic E-state index is 5.62. The van der Waals surface area contributed by atoms with Crippen LogP contribution in [0.2, 0.25) is 0 Å². The van der Waals surface area contributed by atoms with Crippen LogP contribution in [0.4, 0.5) is 0 Å². The van der Waals surface area contributed by atoms with Crippen molar-refractivity contribution in [2.24, 2.45) is 5.84 Å². The Morgan fingerprint density at radius 1 is 1.44 bits per heavy atom. The molecule has 0 saturated carbocycles. The summed E-state index contributed by atoms with van der Waals surface area (Å²) >= 11 is 0. The summed E-state index contributed by atoms with van der Waals surface area (Å²) in [4.78, 5) is 0. The number of hydrogen-bond acceptors (Lipinski definition) is 4. The number of furan rings is 1. The Balaban J connectivity index is 2.19. The molecule has 0 fully saturated rings. The Hall–Kier alpha value is -1.59. The number of rotatable bonds is 5. The minimum Gasteiger partial charge on any atom is -0.465 e. The first kappa shape index (κ1) is 12.9. The third kappa shape index (κ3) is 2.63. The highest BCUT2D eigenvalue weighted by atomic mass is 16.3. The van der Waals surface area contributed by atoms with E-state index in [4.69, 9.17) is 10.3 Å². The summed E-state index contributed by atoms with van der Waals surface area (Å²) in [7, 11) is 0. The molecule has 0 aliphatic carbocycles. The van der Waals surface area contributed by atoms with Crippen LogP contribution in [-0.4, -0.2) is 9.78 Å². The van der Waals surface area contributed by atoms with E-state index in [1.54, 1.807) is 0 Å². The summed E-state index contributed by atoms with van der Waals surface area (Å²) in [5, 5.41) is 4.43. The molecule has 0 saturated heterocycles. The van der Waals surface area contributed by atoms with E-state index in [0.29, 0.717) is 0 Å². The van der Waals surface area contributed by atoms with Crippen LogP contribution < -0.4 is 11.3 Å². The first-order valence-electron chi connectivity index (χ1n) is 6.19. The third-order valence-electron chi connectivity index (χ3n) is 3.00. The van der Waals surface area contributed by atoms with Gasteiger partial charge in [0.2, 0.25) is 0 Å². The number of nitrogens with zero attached hydrogens (tertiary/aromatic N) is 2. The molecule has 98 valence electrons. The lowest BCUT2D eigenvalue weighted by molar-refractivity contribution is 0.396. The molecule has 2 aromatic rings. The number of aryl methyl sites for hydroxylation is 3. The molecule has 0 aliphatic heterocycles. The molecule has 5 heteroatoms. The van der Waals surface area contributed by atoms with Gasteiger partial charge in [-0.15, -0.1) is 0 Å². The molecule has 1 unspecified atom stereocenters. The third-order valence-corrected chi connectivity index (χ3v) is 3.00. The van der Waals surface area contributed by atoms with Crippen LogP contribution in [0.25, 0.3) is 0 Å². The van der Waals surface area contributed by atoms with Crippen LogP contribution in [0.15, 0.2) is 22.6 Å². The van der Waals surface area contributed by atoms with Crippen molar-refractivity contribution in [3.63, 3.8) is 0 Å². The van der Waals surface area contributed by atoms with Gasteiger partial charge in [0.25, 0.3) is 0 Å². The van der Waals surface area contributed by atoms with Gasteiger partial charge < -0.3 is 4.42 Å². The molecule has 0 aromatic carbocycles. The van der Waals surface area contributed by atoms with Crippen molar-refractivity contribution < 1.29 is 4.42 Å². The average molecular weight is 248 g/mol. The maximum absolute atomic E-state index is 5.62. The van der Waals surface area contributed by atoms with Crippen LogP contribution >= 0.6 is 0 Å². The molecule has 18 heavy (non-hydrogen) atoms. The topological polar surface area (TPSA) is 69.0 Å². The van der Waals surface area contributed by atoms with Crippen molar-refractivity contribution in [1.82, 2.24) is 15.2 Å². The maximum Gasteiger partial charge on any atom is 0.122 e. The molecule has 2 heterocycles. The molecule has 2 rings (SSSR count). The summed E-state index contributed by atoms with van der Waals surface area (Å²) in [5.74, 6) is 7.37. The van der Waals surface area contributed by atoms with E-state index < -0.39 is 0 Å². The largest absolute Gasteiger partial charge is 0.465 e. The predicted octanol–water partition coefficient (Wildman–Crippen LogP) is 1.86. The van der Waals surface area contributed by atoms with Gasteiger partial charge >= 0.3 is 0 Å². The Morgan fingerprint density at radius 2 is 2.22 bits per heavy atom. The quantitative estimate of drug-likeness (QED) is 0.626. The molecule has 0 amide bonds. The Labute approximate surface area is 107 Å². The number of hydrogen-bond donors (Lipinski definition) is 2. The smallest absolute Gasteiger partial charge is 0.122 e. The Morgan fingerprint density at radius 3 is 2.78 bits per heavy atom. The zero-order valence-electron chi connectivity index (χ0n) is 11.1. The van der Waals surface area contributed by atoms with Crippen molar-refractivity contribution >= 4 is 0 Å². The van der Waals surface area contributed by atoms with Gasteiger partial charge in [-0.05, 0) is 39.0 Å². The Bertz CT molecular complexity index is 515. The summed E-state index contributed by atoms with van der Waals surface area (Å²) in [5.41, 5.74) is 4.99. The molecule has 3 N–H and O–H groups in total. The van der Waals surface area contributed by atoms with Gasteiger partial charge in [0.1, 0.15) is 11.5 Å². The molecular formula is C13H20N4O. The lowest BCUT2D eigenvalue weighted by Crippen LogP contribution is -2.30. The summed E-state index contributed by atoms with van der Waals surface area (Å²) in [6.45, 7) is 6.87. The summed E-state index contributed by atoms with van der Waals surface area (Å²) < 4.78 is 7.61. The van der Waals surface area contributed by atoms with Gasteiger partial charge in [-0.1, -0.05) is 0 Å². The van der Waals surface area contributed by atoms with E-state index in [0.717, 1.165) is 35.9 Å². The fourth-order valence-electron chi connectivity index (χ4n) is 2.13. The van der Waals surface area contributed by atoms with E-state index in [1.165, 1.54) is 0 Å². The van der Waals surface area contributed by atoms with Crippen LogP contribution in [0.3, 0.4) is 0 Å². The standard InChI is InChI=1S/C13H20N4O/c1-4-17-11(7-9(2)16-17)8-12(15-14)13-6-5-10(3)18-13/h5-7,12,15H,4,8,14H2,1-3H3. The molecule has 5 nitrogen and oxygen atoms in total. The fourth-order valence-corrected chi connectivity index (χ4v) is 2.13. The normalized spacial score (nSPS) is 12.9. The number of aromatic nitrogens is 2. The van der Waals surface area contributed by atoms with Crippen LogP contribution in [0.1, 0.15) is 35.9 Å². The van der Waals surface area contributed by atoms with Crippen LogP contribution in [0.5, 0.6) is 0 Å². The number of hydrazine groups is 1. The summed E-state index contributed by atoms with van der Waals surface area (Å²) in [6, 6.07) is 5.96. The minimum atomic E-state index is -0.0277. The number of nitrogens with one attached hydrogen (secondary N) is 1. The van der Waals surface area contributed by atoms with Crippen molar-refractivity contribution in [2.45, 2.75) is 39.8 Å². The van der Waals surface area contributed by atoms with E-state index >= 15 is 0 Å². The highest BCUT2D eigenvalue weighted by molar-refractivity contribution is 5.15. The SMILES string of the molecule is CCn1nc(C)cc1CC(NN)c1ccc(C)o1. The van der Waals surface area contributed by atoms with E-state index in [2.05, 4.69) is 23.5 Å². The predicted molar refractivity (Wildman–Crippen MR) is 69.9 cm³/mol. The van der Waals surface area contributed by atoms with Gasteiger partial charge in [0.05, 0.1) is 11.7 Å². The van der Waals surface area contributed by atoms with Crippen molar-refractivity contribution in [1.29, 1.82) is 0 Å². The molecule has 0 radical (unpaired) electrons. The van der Waals surface area contributed by atoms with E-state index in [9.17, 15) is 0 Å². The molecule has 0 spiro atoms. The first-order chi connectivity index (χ1) is 8.63. The van der Waals surface area contributed by atoms with Crippen molar-refractivity contribution in [2.75, 3.05) is 0 Å². The summed E-state index contributed by atoms with van der Waals surface area (Å²) in [6.07, 6.45) is 0.762.